The Morgan fingerprint density at radius 2 is 2.00 bits per heavy atom. The number of ether oxygens (including phenoxy) is 1. The summed E-state index contributed by atoms with van der Waals surface area (Å²) < 4.78 is 31.8. The summed E-state index contributed by atoms with van der Waals surface area (Å²) in [4.78, 5) is 0.298. The van der Waals surface area contributed by atoms with Crippen molar-refractivity contribution in [2.45, 2.75) is 18.2 Å². The average Bonchev–Trinajstić information content (AvgIpc) is 2.45. The van der Waals surface area contributed by atoms with E-state index in [0.29, 0.717) is 36.9 Å². The van der Waals surface area contributed by atoms with Gasteiger partial charge in [0.05, 0.1) is 4.90 Å². The highest BCUT2D eigenvalue weighted by Gasteiger charge is 2.25. The van der Waals surface area contributed by atoms with Crippen LogP contribution in [0.5, 0.6) is 5.75 Å². The first-order valence-corrected chi connectivity index (χ1v) is 8.07. The van der Waals surface area contributed by atoms with E-state index in [2.05, 4.69) is 6.08 Å². The van der Waals surface area contributed by atoms with Gasteiger partial charge in [0.1, 0.15) is 12.4 Å². The van der Waals surface area contributed by atoms with E-state index >= 15 is 0 Å². The zero-order valence-corrected chi connectivity index (χ0v) is 12.4. The van der Waals surface area contributed by atoms with E-state index in [1.165, 1.54) is 4.31 Å². The minimum Gasteiger partial charge on any atom is -0.492 e. The van der Waals surface area contributed by atoms with Crippen LogP contribution in [0.25, 0.3) is 0 Å². The summed E-state index contributed by atoms with van der Waals surface area (Å²) in [5.74, 6) is 0.629. The summed E-state index contributed by atoms with van der Waals surface area (Å²) in [5, 5.41) is 0. The Hall–Kier alpha value is -1.37. The lowest BCUT2D eigenvalue weighted by atomic mass is 10.2. The Bertz CT molecular complexity index is 579. The molecule has 0 atom stereocenters. The Balaban J connectivity index is 2.15. The van der Waals surface area contributed by atoms with E-state index < -0.39 is 10.0 Å². The van der Waals surface area contributed by atoms with Crippen molar-refractivity contribution in [1.29, 1.82) is 0 Å². The van der Waals surface area contributed by atoms with Crippen LogP contribution in [-0.2, 0) is 10.0 Å². The van der Waals surface area contributed by atoms with Gasteiger partial charge in [-0.15, -0.1) is 0 Å². The molecule has 110 valence electrons. The van der Waals surface area contributed by atoms with Crippen molar-refractivity contribution in [3.8, 4) is 5.75 Å². The van der Waals surface area contributed by atoms with Crippen LogP contribution in [0, 0.1) is 0 Å². The van der Waals surface area contributed by atoms with Crippen LogP contribution in [-0.4, -0.2) is 39.0 Å². The Morgan fingerprint density at radius 1 is 1.30 bits per heavy atom. The number of nitrogens with zero attached hydrogens (tertiary/aromatic N) is 1. The molecule has 0 amide bonds. The first kappa shape index (κ1) is 15.0. The Labute approximate surface area is 120 Å². The third-order valence-corrected chi connectivity index (χ3v) is 5.00. The van der Waals surface area contributed by atoms with Crippen molar-refractivity contribution >= 4 is 10.0 Å². The SMILES string of the molecule is CC1=CCCN(S(=O)(=O)c2ccc(OCCN)cc2)C1. The molecule has 0 fully saturated rings. The number of sulfonamides is 1. The molecule has 1 aromatic rings. The van der Waals surface area contributed by atoms with E-state index in [4.69, 9.17) is 10.5 Å². The first-order chi connectivity index (χ1) is 9.54. The van der Waals surface area contributed by atoms with Crippen molar-refractivity contribution in [1.82, 2.24) is 4.31 Å². The second-order valence-electron chi connectivity index (χ2n) is 4.79. The lowest BCUT2D eigenvalue weighted by Gasteiger charge is -2.25. The van der Waals surface area contributed by atoms with Gasteiger partial charge in [0, 0.05) is 19.6 Å². The van der Waals surface area contributed by atoms with E-state index in [1.807, 2.05) is 6.92 Å². The van der Waals surface area contributed by atoms with Crippen molar-refractivity contribution in [2.75, 3.05) is 26.2 Å². The number of nitrogens with two attached hydrogens (primary N) is 1. The second kappa shape index (κ2) is 6.39. The minimum atomic E-state index is -3.42. The minimum absolute atomic E-state index is 0.298. The molecule has 1 aliphatic heterocycles. The normalized spacial score (nSPS) is 16.8. The zero-order chi connectivity index (χ0) is 14.6. The quantitative estimate of drug-likeness (QED) is 0.833. The molecule has 1 aliphatic rings. The summed E-state index contributed by atoms with van der Waals surface area (Å²) in [5.41, 5.74) is 6.44. The van der Waals surface area contributed by atoms with Crippen molar-refractivity contribution in [3.05, 3.63) is 35.9 Å². The van der Waals surface area contributed by atoms with E-state index in [1.54, 1.807) is 24.3 Å². The molecule has 6 heteroatoms. The standard InChI is InChI=1S/C14H20N2O3S/c1-12-3-2-9-16(11-12)20(17,18)14-6-4-13(5-7-14)19-10-8-15/h3-7H,2,8-11,15H2,1H3. The van der Waals surface area contributed by atoms with E-state index in [9.17, 15) is 8.42 Å². The smallest absolute Gasteiger partial charge is 0.243 e. The van der Waals surface area contributed by atoms with Crippen LogP contribution >= 0.6 is 0 Å². The third-order valence-electron chi connectivity index (χ3n) is 3.15. The molecular formula is C14H20N2O3S. The van der Waals surface area contributed by atoms with Crippen LogP contribution in [0.2, 0.25) is 0 Å². The van der Waals surface area contributed by atoms with Crippen LogP contribution in [0.15, 0.2) is 40.8 Å². The van der Waals surface area contributed by atoms with Crippen LogP contribution in [0.3, 0.4) is 0 Å². The number of hydrogen-bond donors (Lipinski definition) is 1. The zero-order valence-electron chi connectivity index (χ0n) is 11.6. The van der Waals surface area contributed by atoms with Gasteiger partial charge in [-0.25, -0.2) is 8.42 Å². The van der Waals surface area contributed by atoms with Gasteiger partial charge >= 0.3 is 0 Å². The van der Waals surface area contributed by atoms with Crippen molar-refractivity contribution < 1.29 is 13.2 Å². The van der Waals surface area contributed by atoms with Crippen molar-refractivity contribution in [2.24, 2.45) is 5.73 Å². The molecular weight excluding hydrogens is 276 g/mol. The van der Waals surface area contributed by atoms with Crippen molar-refractivity contribution in [3.63, 3.8) is 0 Å². The molecule has 2 rings (SSSR count). The molecule has 1 aromatic carbocycles. The monoisotopic (exact) mass is 296 g/mol. The summed E-state index contributed by atoms with van der Waals surface area (Å²) in [6.45, 7) is 3.80. The van der Waals surface area contributed by atoms with Crippen LogP contribution < -0.4 is 10.5 Å². The van der Waals surface area contributed by atoms with E-state index in [0.717, 1.165) is 12.0 Å². The van der Waals surface area contributed by atoms with Gasteiger partial charge in [-0.1, -0.05) is 11.6 Å². The van der Waals surface area contributed by atoms with E-state index in [-0.39, 0.29) is 0 Å². The lowest BCUT2D eigenvalue weighted by Crippen LogP contribution is -2.35. The molecule has 1 heterocycles. The molecule has 0 aromatic heterocycles. The number of benzene rings is 1. The molecule has 2 N–H and O–H groups in total. The molecule has 20 heavy (non-hydrogen) atoms. The molecule has 0 spiro atoms. The summed E-state index contributed by atoms with van der Waals surface area (Å²) >= 11 is 0. The maximum atomic E-state index is 12.5. The van der Waals surface area contributed by atoms with Gasteiger partial charge in [-0.3, -0.25) is 0 Å². The topological polar surface area (TPSA) is 72.6 Å². The Kier molecular flexibility index (Phi) is 4.80. The summed E-state index contributed by atoms with van der Waals surface area (Å²) in [6, 6.07) is 6.48. The predicted octanol–water partition coefficient (Wildman–Crippen LogP) is 1.36. The maximum absolute atomic E-state index is 12.5. The average molecular weight is 296 g/mol. The highest BCUT2D eigenvalue weighted by Crippen LogP contribution is 2.22. The van der Waals surface area contributed by atoms with Gasteiger partial charge in [0.25, 0.3) is 0 Å². The fraction of sp³-hybridized carbons (Fsp3) is 0.429. The fourth-order valence-corrected chi connectivity index (χ4v) is 3.61. The van der Waals surface area contributed by atoms with Crippen LogP contribution in [0.1, 0.15) is 13.3 Å². The first-order valence-electron chi connectivity index (χ1n) is 6.63. The summed E-state index contributed by atoms with van der Waals surface area (Å²) in [6.07, 6.45) is 2.85. The predicted molar refractivity (Wildman–Crippen MR) is 78.1 cm³/mol. The van der Waals surface area contributed by atoms with Gasteiger partial charge in [-0.2, -0.15) is 4.31 Å². The molecule has 0 bridgehead atoms. The molecule has 0 unspecified atom stereocenters. The molecule has 0 radical (unpaired) electrons. The molecule has 0 saturated carbocycles. The van der Waals surface area contributed by atoms with Gasteiger partial charge in [0.2, 0.25) is 10.0 Å². The van der Waals surface area contributed by atoms with Gasteiger partial charge < -0.3 is 10.5 Å². The highest BCUT2D eigenvalue weighted by molar-refractivity contribution is 7.89. The van der Waals surface area contributed by atoms with Gasteiger partial charge in [0.15, 0.2) is 0 Å². The van der Waals surface area contributed by atoms with Gasteiger partial charge in [-0.05, 0) is 37.6 Å². The molecule has 0 aliphatic carbocycles. The number of hydrogen-bond acceptors (Lipinski definition) is 4. The second-order valence-corrected chi connectivity index (χ2v) is 6.72. The fourth-order valence-electron chi connectivity index (χ4n) is 2.12. The molecule has 5 nitrogen and oxygen atoms in total. The van der Waals surface area contributed by atoms with Crippen LogP contribution in [0.4, 0.5) is 0 Å². The Morgan fingerprint density at radius 3 is 2.60 bits per heavy atom. The lowest BCUT2D eigenvalue weighted by molar-refractivity contribution is 0.328. The number of rotatable bonds is 5. The largest absolute Gasteiger partial charge is 0.492 e. The summed E-state index contributed by atoms with van der Waals surface area (Å²) in [7, 11) is -3.42. The third kappa shape index (κ3) is 3.39. The maximum Gasteiger partial charge on any atom is 0.243 e. The highest BCUT2D eigenvalue weighted by atomic mass is 32.2. The molecule has 0 saturated heterocycles.